The maximum Gasteiger partial charge on any atom is 0.411 e. The SMILES string of the molecule is CCCCN(CCCC)CCOC(=O)Nc1ccc(Cc2ccc(NC(=O)OCCC(CC)COC(=O)Cc3ccc(C)cc3)cc2)cc1. The molecule has 3 aromatic carbocycles. The van der Waals surface area contributed by atoms with Crippen molar-refractivity contribution in [2.24, 2.45) is 5.92 Å². The lowest BCUT2D eigenvalue weighted by Crippen LogP contribution is -2.31. The summed E-state index contributed by atoms with van der Waals surface area (Å²) >= 11 is 0. The van der Waals surface area contributed by atoms with Crippen molar-refractivity contribution in [1.82, 2.24) is 4.90 Å². The van der Waals surface area contributed by atoms with E-state index < -0.39 is 12.2 Å². The molecule has 266 valence electrons. The average molecular weight is 674 g/mol. The van der Waals surface area contributed by atoms with Gasteiger partial charge in [0.15, 0.2) is 0 Å². The lowest BCUT2D eigenvalue weighted by atomic mass is 10.0. The van der Waals surface area contributed by atoms with E-state index in [0.717, 1.165) is 74.0 Å². The zero-order valence-electron chi connectivity index (χ0n) is 29.8. The fourth-order valence-corrected chi connectivity index (χ4v) is 5.18. The standard InChI is InChI=1S/C40H55N3O6/c1-5-8-23-43(24-9-6-2)25-27-48-40(46)42-37-20-16-34(17-21-37)28-33-14-18-36(19-15-33)41-39(45)47-26-22-32(7-3)30-49-38(44)29-35-12-10-31(4)11-13-35/h10-21,32H,5-9,22-30H2,1-4H3,(H,41,45)(H,42,46). The van der Waals surface area contributed by atoms with E-state index in [2.05, 4.69) is 29.4 Å². The number of benzene rings is 3. The number of ether oxygens (including phenoxy) is 3. The van der Waals surface area contributed by atoms with E-state index in [4.69, 9.17) is 14.2 Å². The van der Waals surface area contributed by atoms with E-state index in [1.807, 2.05) is 86.6 Å². The van der Waals surface area contributed by atoms with Gasteiger partial charge in [-0.1, -0.05) is 87.7 Å². The molecule has 9 nitrogen and oxygen atoms in total. The van der Waals surface area contributed by atoms with Crippen molar-refractivity contribution in [3.8, 4) is 0 Å². The van der Waals surface area contributed by atoms with Crippen molar-refractivity contribution >= 4 is 29.5 Å². The van der Waals surface area contributed by atoms with Crippen molar-refractivity contribution in [3.63, 3.8) is 0 Å². The normalized spacial score (nSPS) is 11.5. The van der Waals surface area contributed by atoms with Crippen molar-refractivity contribution in [3.05, 3.63) is 95.1 Å². The Labute approximate surface area is 292 Å². The summed E-state index contributed by atoms with van der Waals surface area (Å²) in [5, 5.41) is 5.58. The zero-order chi connectivity index (χ0) is 35.3. The highest BCUT2D eigenvalue weighted by atomic mass is 16.6. The minimum Gasteiger partial charge on any atom is -0.465 e. The Morgan fingerprint density at radius 2 is 1.16 bits per heavy atom. The molecule has 0 aliphatic heterocycles. The predicted molar refractivity (Wildman–Crippen MR) is 196 cm³/mol. The van der Waals surface area contributed by atoms with E-state index in [1.54, 1.807) is 0 Å². The number of esters is 1. The highest BCUT2D eigenvalue weighted by Gasteiger charge is 2.13. The highest BCUT2D eigenvalue weighted by molar-refractivity contribution is 5.85. The van der Waals surface area contributed by atoms with Crippen LogP contribution in [0.4, 0.5) is 21.0 Å². The van der Waals surface area contributed by atoms with Gasteiger partial charge in [-0.15, -0.1) is 0 Å². The first-order valence-electron chi connectivity index (χ1n) is 17.8. The molecule has 0 saturated carbocycles. The van der Waals surface area contributed by atoms with Crippen LogP contribution in [0.2, 0.25) is 0 Å². The topological polar surface area (TPSA) is 106 Å². The number of carbonyl (C=O) groups is 3. The Balaban J connectivity index is 1.33. The van der Waals surface area contributed by atoms with Crippen LogP contribution in [0.5, 0.6) is 0 Å². The van der Waals surface area contributed by atoms with Crippen LogP contribution in [-0.4, -0.2) is 62.5 Å². The first kappa shape index (κ1) is 39.1. The summed E-state index contributed by atoms with van der Waals surface area (Å²) in [7, 11) is 0. The zero-order valence-corrected chi connectivity index (χ0v) is 29.8. The van der Waals surface area contributed by atoms with E-state index in [1.165, 1.54) is 0 Å². The Hall–Kier alpha value is -4.37. The second kappa shape index (κ2) is 22.3. The number of unbranched alkanes of at least 4 members (excludes halogenated alkanes) is 2. The van der Waals surface area contributed by atoms with Gasteiger partial charge in [0, 0.05) is 17.9 Å². The minimum absolute atomic E-state index is 0.111. The van der Waals surface area contributed by atoms with Crippen LogP contribution in [0, 0.1) is 12.8 Å². The molecule has 0 aliphatic carbocycles. The second-order valence-electron chi connectivity index (χ2n) is 12.5. The number of nitrogens with zero attached hydrogens (tertiary/aromatic N) is 1. The van der Waals surface area contributed by atoms with E-state index in [9.17, 15) is 14.4 Å². The van der Waals surface area contributed by atoms with Gasteiger partial charge in [0.05, 0.1) is 19.6 Å². The Kier molecular flexibility index (Phi) is 17.8. The van der Waals surface area contributed by atoms with Gasteiger partial charge >= 0.3 is 18.2 Å². The third kappa shape index (κ3) is 16.1. The van der Waals surface area contributed by atoms with Gasteiger partial charge < -0.3 is 14.2 Å². The molecule has 3 aromatic rings. The van der Waals surface area contributed by atoms with Gasteiger partial charge in [-0.05, 0) is 99.0 Å². The maximum atomic E-state index is 12.4. The van der Waals surface area contributed by atoms with Crippen LogP contribution in [0.3, 0.4) is 0 Å². The molecule has 0 aliphatic rings. The highest BCUT2D eigenvalue weighted by Crippen LogP contribution is 2.17. The summed E-state index contributed by atoms with van der Waals surface area (Å²) < 4.78 is 16.3. The van der Waals surface area contributed by atoms with Crippen LogP contribution < -0.4 is 10.6 Å². The molecule has 0 spiro atoms. The van der Waals surface area contributed by atoms with Gasteiger partial charge in [-0.2, -0.15) is 0 Å². The average Bonchev–Trinajstić information content (AvgIpc) is 3.10. The molecule has 9 heteroatoms. The molecule has 1 unspecified atom stereocenters. The van der Waals surface area contributed by atoms with Crippen molar-refractivity contribution in [1.29, 1.82) is 0 Å². The molecule has 1 atom stereocenters. The second-order valence-corrected chi connectivity index (χ2v) is 12.5. The number of anilines is 2. The first-order chi connectivity index (χ1) is 23.8. The molecule has 0 fully saturated rings. The predicted octanol–water partition coefficient (Wildman–Crippen LogP) is 8.79. The number of nitrogens with one attached hydrogen (secondary N) is 2. The van der Waals surface area contributed by atoms with Crippen LogP contribution in [0.15, 0.2) is 72.8 Å². The summed E-state index contributed by atoms with van der Waals surface area (Å²) in [5.41, 5.74) is 5.57. The molecular formula is C40H55N3O6. The molecule has 3 rings (SSSR count). The monoisotopic (exact) mass is 673 g/mol. The van der Waals surface area contributed by atoms with E-state index in [0.29, 0.717) is 37.4 Å². The summed E-state index contributed by atoms with van der Waals surface area (Å²) in [6.07, 6.45) is 6.00. The number of aryl methyl sites for hydroxylation is 1. The lowest BCUT2D eigenvalue weighted by Gasteiger charge is -2.21. The van der Waals surface area contributed by atoms with Gasteiger partial charge in [0.2, 0.25) is 0 Å². The van der Waals surface area contributed by atoms with Gasteiger partial charge in [0.1, 0.15) is 6.61 Å². The Morgan fingerprint density at radius 1 is 0.653 bits per heavy atom. The van der Waals surface area contributed by atoms with Crippen molar-refractivity contribution in [2.75, 3.05) is 50.1 Å². The minimum atomic E-state index is -0.522. The lowest BCUT2D eigenvalue weighted by molar-refractivity contribution is -0.144. The molecule has 49 heavy (non-hydrogen) atoms. The summed E-state index contributed by atoms with van der Waals surface area (Å²) in [4.78, 5) is 39.3. The van der Waals surface area contributed by atoms with Gasteiger partial charge in [0.25, 0.3) is 0 Å². The first-order valence-corrected chi connectivity index (χ1v) is 17.8. The van der Waals surface area contributed by atoms with E-state index >= 15 is 0 Å². The van der Waals surface area contributed by atoms with E-state index in [-0.39, 0.29) is 24.9 Å². The number of hydrogen-bond acceptors (Lipinski definition) is 7. The van der Waals surface area contributed by atoms with Crippen LogP contribution in [-0.2, 0) is 31.8 Å². The molecule has 0 radical (unpaired) electrons. The molecule has 0 saturated heterocycles. The number of amides is 2. The number of carbonyl (C=O) groups excluding carboxylic acids is 3. The number of rotatable bonds is 21. The quantitative estimate of drug-likeness (QED) is 0.0860. The summed E-state index contributed by atoms with van der Waals surface area (Å²) in [6, 6.07) is 23.1. The third-order valence-corrected chi connectivity index (χ3v) is 8.39. The smallest absolute Gasteiger partial charge is 0.411 e. The fourth-order valence-electron chi connectivity index (χ4n) is 5.18. The summed E-state index contributed by atoms with van der Waals surface area (Å²) in [5.74, 6) is -0.145. The molecule has 0 heterocycles. The Bertz CT molecular complexity index is 1390. The Morgan fingerprint density at radius 3 is 1.67 bits per heavy atom. The fraction of sp³-hybridized carbons (Fsp3) is 0.475. The molecule has 0 aromatic heterocycles. The molecular weight excluding hydrogens is 618 g/mol. The van der Waals surface area contributed by atoms with Crippen LogP contribution in [0.1, 0.15) is 81.5 Å². The molecule has 0 bridgehead atoms. The van der Waals surface area contributed by atoms with Crippen LogP contribution in [0.25, 0.3) is 0 Å². The van der Waals surface area contributed by atoms with Crippen LogP contribution >= 0.6 is 0 Å². The van der Waals surface area contributed by atoms with Gasteiger partial charge in [-0.25, -0.2) is 9.59 Å². The molecule has 2 amide bonds. The molecule has 2 N–H and O–H groups in total. The van der Waals surface area contributed by atoms with Crippen molar-refractivity contribution in [2.45, 2.75) is 79.1 Å². The third-order valence-electron chi connectivity index (χ3n) is 8.39. The number of hydrogen-bond donors (Lipinski definition) is 2. The van der Waals surface area contributed by atoms with Crippen molar-refractivity contribution < 1.29 is 28.6 Å². The summed E-state index contributed by atoms with van der Waals surface area (Å²) in [6.45, 7) is 12.1. The largest absolute Gasteiger partial charge is 0.465 e. The maximum absolute atomic E-state index is 12.4. The van der Waals surface area contributed by atoms with Gasteiger partial charge in [-0.3, -0.25) is 20.3 Å².